The van der Waals surface area contributed by atoms with Gasteiger partial charge in [0.2, 0.25) is 0 Å². The zero-order valence-corrected chi connectivity index (χ0v) is 14.4. The van der Waals surface area contributed by atoms with Gasteiger partial charge in [-0.1, -0.05) is 20.8 Å². The number of rotatable bonds is 4. The third-order valence-corrected chi connectivity index (χ3v) is 9.79. The summed E-state index contributed by atoms with van der Waals surface area (Å²) in [6.45, 7) is 12.2. The molecule has 3 aliphatic rings. The maximum Gasteiger partial charge on any atom is 0.271 e. The molecule has 0 spiro atoms. The second-order valence-electron chi connectivity index (χ2n) is 7.80. The molecule has 3 fully saturated rings. The molecule has 6 heteroatoms. The molecular formula is C13H26N2O2SSi. The van der Waals surface area contributed by atoms with Crippen molar-refractivity contribution in [1.82, 2.24) is 5.43 Å². The lowest BCUT2D eigenvalue weighted by atomic mass is 9.41. The number of nitrogens with two attached hydrogens (primary N) is 1. The number of nitrogens with one attached hydrogen (secondary N) is 1. The summed E-state index contributed by atoms with van der Waals surface area (Å²) in [5, 5.41) is 0.556. The average molecular weight is 303 g/mol. The van der Waals surface area contributed by atoms with Crippen LogP contribution in [0.4, 0.5) is 0 Å². The zero-order valence-electron chi connectivity index (χ0n) is 12.6. The van der Waals surface area contributed by atoms with Crippen LogP contribution in [-0.4, -0.2) is 25.7 Å². The molecule has 0 radical (unpaired) electrons. The molecule has 3 N–H and O–H groups in total. The first-order valence-electron chi connectivity index (χ1n) is 6.87. The van der Waals surface area contributed by atoms with Crippen molar-refractivity contribution in [3.63, 3.8) is 0 Å². The molecule has 2 bridgehead atoms. The van der Waals surface area contributed by atoms with E-state index in [1.165, 1.54) is 0 Å². The van der Waals surface area contributed by atoms with Crippen molar-refractivity contribution in [2.24, 2.45) is 11.3 Å². The van der Waals surface area contributed by atoms with Crippen LogP contribution in [0.25, 0.3) is 0 Å². The van der Waals surface area contributed by atoms with Crippen molar-refractivity contribution >= 4 is 25.7 Å². The van der Waals surface area contributed by atoms with Gasteiger partial charge in [-0.25, -0.2) is 5.84 Å². The molecule has 0 heterocycles. The fraction of sp³-hybridized carbons (Fsp3) is 0.923. The van der Waals surface area contributed by atoms with E-state index in [1.54, 1.807) is 0 Å². The summed E-state index contributed by atoms with van der Waals surface area (Å²) in [5.41, 5.74) is 2.79. The average Bonchev–Trinajstić information content (AvgIpc) is 2.17. The van der Waals surface area contributed by atoms with E-state index in [0.717, 1.165) is 19.3 Å². The first-order chi connectivity index (χ1) is 8.53. The molecule has 0 saturated heterocycles. The molecule has 0 aromatic carbocycles. The fourth-order valence-corrected chi connectivity index (χ4v) is 4.78. The van der Waals surface area contributed by atoms with Crippen molar-refractivity contribution in [3.8, 4) is 0 Å². The van der Waals surface area contributed by atoms with Crippen LogP contribution in [0, 0.1) is 5.41 Å². The highest BCUT2D eigenvalue weighted by molar-refractivity contribution is 7.80. The second kappa shape index (κ2) is 4.41. The minimum absolute atomic E-state index is 0.143. The minimum Gasteiger partial charge on any atom is -0.470 e. The maximum atomic E-state index is 6.56. The van der Waals surface area contributed by atoms with E-state index in [2.05, 4.69) is 39.3 Å². The van der Waals surface area contributed by atoms with E-state index < -0.39 is 8.32 Å². The summed E-state index contributed by atoms with van der Waals surface area (Å²) in [6.07, 6.45) is 3.33. The molecule has 19 heavy (non-hydrogen) atoms. The Bertz CT molecular complexity index is 373. The Morgan fingerprint density at radius 2 is 1.84 bits per heavy atom. The Morgan fingerprint density at radius 3 is 2.26 bits per heavy atom. The smallest absolute Gasteiger partial charge is 0.271 e. The predicted molar refractivity (Wildman–Crippen MR) is 83.2 cm³/mol. The van der Waals surface area contributed by atoms with Crippen LogP contribution < -0.4 is 11.3 Å². The number of hydrogen-bond acceptors (Lipinski definition) is 4. The van der Waals surface area contributed by atoms with Crippen molar-refractivity contribution in [2.75, 3.05) is 6.61 Å². The molecule has 0 aliphatic heterocycles. The van der Waals surface area contributed by atoms with Crippen LogP contribution in [0.15, 0.2) is 0 Å². The van der Waals surface area contributed by atoms with Crippen LogP contribution >= 0.6 is 12.2 Å². The van der Waals surface area contributed by atoms with E-state index in [1.807, 2.05) is 0 Å². The van der Waals surface area contributed by atoms with Crippen LogP contribution in [0.3, 0.4) is 0 Å². The lowest BCUT2D eigenvalue weighted by molar-refractivity contribution is -0.261. The lowest BCUT2D eigenvalue weighted by Gasteiger charge is -2.71. The molecule has 0 amide bonds. The van der Waals surface area contributed by atoms with E-state index in [4.69, 9.17) is 27.2 Å². The first-order valence-corrected chi connectivity index (χ1v) is 10.2. The third kappa shape index (κ3) is 2.68. The summed E-state index contributed by atoms with van der Waals surface area (Å²) in [4.78, 5) is 0. The normalized spacial score (nSPS) is 33.2. The number of hydrazine groups is 1. The first kappa shape index (κ1) is 15.2. The number of hydrogen-bond donors (Lipinski definition) is 2. The van der Waals surface area contributed by atoms with Crippen LogP contribution in [-0.2, 0) is 9.16 Å². The lowest BCUT2D eigenvalue weighted by Crippen LogP contribution is -2.73. The highest BCUT2D eigenvalue weighted by Crippen LogP contribution is 2.70. The van der Waals surface area contributed by atoms with Crippen molar-refractivity contribution in [1.29, 1.82) is 0 Å². The minimum atomic E-state index is -1.66. The summed E-state index contributed by atoms with van der Waals surface area (Å²) in [5.74, 6) is 5.20. The SMILES string of the molecule is CC(C)(C)[Si](C)(C)OC12CC(COC(=S)NN)(C1)C2. The molecule has 0 atom stereocenters. The molecule has 0 aromatic rings. The Morgan fingerprint density at radius 1 is 1.32 bits per heavy atom. The number of ether oxygens (including phenoxy) is 1. The molecule has 0 aromatic heterocycles. The van der Waals surface area contributed by atoms with Crippen LogP contribution in [0.2, 0.25) is 18.1 Å². The predicted octanol–water partition coefficient (Wildman–Crippen LogP) is 2.70. The molecule has 4 nitrogen and oxygen atoms in total. The van der Waals surface area contributed by atoms with Gasteiger partial charge in [-0.2, -0.15) is 0 Å². The molecule has 3 rings (SSSR count). The standard InChI is InChI=1S/C13H26N2O2SSi/c1-11(2,3)19(4,5)17-13-6-12(7-13,8-13)9-16-10(18)15-14/h6-9,14H2,1-5H3,(H,15,18). The van der Waals surface area contributed by atoms with Gasteiger partial charge in [0.05, 0.1) is 12.2 Å². The van der Waals surface area contributed by atoms with E-state index >= 15 is 0 Å². The highest BCUT2D eigenvalue weighted by Gasteiger charge is 2.70. The van der Waals surface area contributed by atoms with Crippen LogP contribution in [0.1, 0.15) is 40.0 Å². The molecule has 110 valence electrons. The van der Waals surface area contributed by atoms with E-state index in [9.17, 15) is 0 Å². The zero-order chi connectivity index (χ0) is 14.5. The van der Waals surface area contributed by atoms with Gasteiger partial charge < -0.3 is 9.16 Å². The van der Waals surface area contributed by atoms with Gasteiger partial charge in [-0.15, -0.1) is 0 Å². The quantitative estimate of drug-likeness (QED) is 0.362. The summed E-state index contributed by atoms with van der Waals surface area (Å²) in [7, 11) is -1.66. The monoisotopic (exact) mass is 302 g/mol. The van der Waals surface area contributed by atoms with E-state index in [-0.39, 0.29) is 15.8 Å². The summed E-state index contributed by atoms with van der Waals surface area (Å²) >= 11 is 4.89. The second-order valence-corrected chi connectivity index (χ2v) is 12.9. The molecule has 3 saturated carbocycles. The van der Waals surface area contributed by atoms with Gasteiger partial charge in [0, 0.05) is 5.41 Å². The van der Waals surface area contributed by atoms with Gasteiger partial charge in [0.1, 0.15) is 0 Å². The van der Waals surface area contributed by atoms with Crippen molar-refractivity contribution in [2.45, 2.75) is 63.8 Å². The van der Waals surface area contributed by atoms with Gasteiger partial charge in [-0.3, -0.25) is 5.43 Å². The van der Waals surface area contributed by atoms with Gasteiger partial charge in [0.25, 0.3) is 5.17 Å². The Labute approximate surface area is 122 Å². The topological polar surface area (TPSA) is 56.5 Å². The van der Waals surface area contributed by atoms with E-state index in [0.29, 0.717) is 12.0 Å². The maximum absolute atomic E-state index is 6.56. The number of thiocarbonyl (C=S) groups is 1. The Hall–Kier alpha value is -0.173. The van der Waals surface area contributed by atoms with Gasteiger partial charge in [0.15, 0.2) is 8.32 Å². The summed E-state index contributed by atoms with van der Waals surface area (Å²) < 4.78 is 12.0. The summed E-state index contributed by atoms with van der Waals surface area (Å²) in [6, 6.07) is 0. The Balaban J connectivity index is 1.82. The van der Waals surface area contributed by atoms with Gasteiger partial charge in [-0.05, 0) is 49.6 Å². The highest BCUT2D eigenvalue weighted by atomic mass is 32.1. The molecule has 0 unspecified atom stereocenters. The van der Waals surface area contributed by atoms with Crippen LogP contribution in [0.5, 0.6) is 0 Å². The largest absolute Gasteiger partial charge is 0.470 e. The molecule has 3 aliphatic carbocycles. The fourth-order valence-electron chi connectivity index (χ4n) is 3.11. The third-order valence-electron chi connectivity index (χ3n) is 5.00. The van der Waals surface area contributed by atoms with Gasteiger partial charge >= 0.3 is 0 Å². The molecular weight excluding hydrogens is 276 g/mol. The van der Waals surface area contributed by atoms with Crippen molar-refractivity contribution < 1.29 is 9.16 Å². The van der Waals surface area contributed by atoms with Crippen molar-refractivity contribution in [3.05, 3.63) is 0 Å². The Kier molecular flexibility index (Phi) is 3.53.